The number of carbonyl (C=O) groups excluding carboxylic acids is 4. The van der Waals surface area contributed by atoms with Crippen molar-refractivity contribution in [1.29, 1.82) is 0 Å². The highest BCUT2D eigenvalue weighted by Crippen LogP contribution is 2.27. The minimum atomic E-state index is -0.364. The summed E-state index contributed by atoms with van der Waals surface area (Å²) < 4.78 is 0. The first-order valence-corrected chi connectivity index (χ1v) is 9.07. The zero-order valence-electron chi connectivity index (χ0n) is 15.6. The molecule has 2 aliphatic rings. The number of nitrogens with zero attached hydrogens (tertiary/aromatic N) is 3. The van der Waals surface area contributed by atoms with Crippen LogP contribution in [-0.2, 0) is 19.2 Å². The second kappa shape index (κ2) is 7.77. The molecule has 1 unspecified atom stereocenters. The lowest BCUT2D eigenvalue weighted by Gasteiger charge is -2.35. The number of hydrogen-bond acceptors (Lipinski definition) is 4. The molecule has 1 aromatic rings. The Labute approximate surface area is 158 Å². The molecular formula is C19H24N4O4. The molecule has 1 aromatic carbocycles. The van der Waals surface area contributed by atoms with E-state index in [9.17, 15) is 19.2 Å². The number of benzene rings is 1. The molecule has 0 aromatic heterocycles. The van der Waals surface area contributed by atoms with E-state index in [0.29, 0.717) is 44.1 Å². The van der Waals surface area contributed by atoms with Gasteiger partial charge in [0.05, 0.1) is 5.92 Å². The average molecular weight is 372 g/mol. The SMILES string of the molecule is CC(=O)Nc1ccc(N2CC(C(=O)N3CCN(C(C)=O)CC3)CC2=O)cc1. The van der Waals surface area contributed by atoms with Crippen molar-refractivity contribution in [2.45, 2.75) is 20.3 Å². The van der Waals surface area contributed by atoms with Crippen molar-refractivity contribution in [2.24, 2.45) is 5.92 Å². The number of carbonyl (C=O) groups is 4. The quantitative estimate of drug-likeness (QED) is 0.845. The fraction of sp³-hybridized carbons (Fsp3) is 0.474. The maximum atomic E-state index is 12.8. The van der Waals surface area contributed by atoms with Crippen molar-refractivity contribution < 1.29 is 19.2 Å². The maximum absolute atomic E-state index is 12.8. The third kappa shape index (κ3) is 4.27. The van der Waals surface area contributed by atoms with E-state index in [4.69, 9.17) is 0 Å². The van der Waals surface area contributed by atoms with Crippen LogP contribution in [0.25, 0.3) is 0 Å². The van der Waals surface area contributed by atoms with Gasteiger partial charge in [-0.1, -0.05) is 0 Å². The molecule has 1 atom stereocenters. The minimum absolute atomic E-state index is 0.0204. The van der Waals surface area contributed by atoms with Crippen LogP contribution >= 0.6 is 0 Å². The van der Waals surface area contributed by atoms with E-state index in [0.717, 1.165) is 0 Å². The number of piperazine rings is 1. The zero-order chi connectivity index (χ0) is 19.6. The first-order chi connectivity index (χ1) is 12.8. The van der Waals surface area contributed by atoms with E-state index < -0.39 is 0 Å². The Balaban J connectivity index is 1.61. The van der Waals surface area contributed by atoms with E-state index in [1.54, 1.807) is 39.0 Å². The Morgan fingerprint density at radius 3 is 2.11 bits per heavy atom. The van der Waals surface area contributed by atoms with Crippen molar-refractivity contribution in [1.82, 2.24) is 9.80 Å². The molecule has 2 fully saturated rings. The Kier molecular flexibility index (Phi) is 5.43. The van der Waals surface area contributed by atoms with Gasteiger partial charge in [0.15, 0.2) is 0 Å². The molecular weight excluding hydrogens is 348 g/mol. The van der Waals surface area contributed by atoms with Crippen LogP contribution in [0.1, 0.15) is 20.3 Å². The van der Waals surface area contributed by atoms with E-state index in [1.165, 1.54) is 13.8 Å². The second-order valence-corrected chi connectivity index (χ2v) is 6.96. The zero-order valence-corrected chi connectivity index (χ0v) is 15.6. The monoisotopic (exact) mass is 372 g/mol. The Hall–Kier alpha value is -2.90. The van der Waals surface area contributed by atoms with Crippen LogP contribution < -0.4 is 10.2 Å². The summed E-state index contributed by atoms with van der Waals surface area (Å²) in [6, 6.07) is 7.00. The molecule has 1 N–H and O–H groups in total. The summed E-state index contributed by atoms with van der Waals surface area (Å²) in [5.41, 5.74) is 1.37. The normalized spacial score (nSPS) is 20.0. The lowest BCUT2D eigenvalue weighted by atomic mass is 10.1. The maximum Gasteiger partial charge on any atom is 0.228 e. The number of anilines is 2. The van der Waals surface area contributed by atoms with Crippen molar-refractivity contribution >= 4 is 35.0 Å². The fourth-order valence-electron chi connectivity index (χ4n) is 3.55. The molecule has 2 aliphatic heterocycles. The van der Waals surface area contributed by atoms with Crippen LogP contribution in [0.5, 0.6) is 0 Å². The minimum Gasteiger partial charge on any atom is -0.339 e. The molecule has 8 heteroatoms. The van der Waals surface area contributed by atoms with Crippen molar-refractivity contribution in [3.63, 3.8) is 0 Å². The molecule has 0 spiro atoms. The van der Waals surface area contributed by atoms with Crippen LogP contribution in [0, 0.1) is 5.92 Å². The summed E-state index contributed by atoms with van der Waals surface area (Å²) in [5, 5.41) is 2.68. The highest BCUT2D eigenvalue weighted by Gasteiger charge is 2.38. The van der Waals surface area contributed by atoms with Gasteiger partial charge in [0, 0.05) is 64.4 Å². The summed E-state index contributed by atoms with van der Waals surface area (Å²) in [5.74, 6) is -0.606. The molecule has 0 bridgehead atoms. The largest absolute Gasteiger partial charge is 0.339 e. The van der Waals surface area contributed by atoms with Gasteiger partial charge >= 0.3 is 0 Å². The molecule has 2 saturated heterocycles. The van der Waals surface area contributed by atoms with E-state index in [2.05, 4.69) is 5.32 Å². The summed E-state index contributed by atoms with van der Waals surface area (Å²) in [7, 11) is 0. The van der Waals surface area contributed by atoms with Gasteiger partial charge in [-0.3, -0.25) is 19.2 Å². The summed E-state index contributed by atoms with van der Waals surface area (Å²) in [6.45, 7) is 5.41. The summed E-state index contributed by atoms with van der Waals surface area (Å²) in [4.78, 5) is 52.8. The van der Waals surface area contributed by atoms with Crippen molar-refractivity contribution in [2.75, 3.05) is 42.9 Å². The third-order valence-electron chi connectivity index (χ3n) is 5.01. The van der Waals surface area contributed by atoms with Gasteiger partial charge in [0.25, 0.3) is 0 Å². The number of amides is 4. The Bertz CT molecular complexity index is 753. The standard InChI is InChI=1S/C19H24N4O4/c1-13(24)20-16-3-5-17(6-4-16)23-12-15(11-18(23)26)19(27)22-9-7-21(8-10-22)14(2)25/h3-6,15H,7-12H2,1-2H3,(H,20,24). The van der Waals surface area contributed by atoms with E-state index in [-0.39, 0.29) is 36.0 Å². The molecule has 3 rings (SSSR count). The van der Waals surface area contributed by atoms with Gasteiger partial charge in [0.1, 0.15) is 0 Å². The summed E-state index contributed by atoms with van der Waals surface area (Å²) >= 11 is 0. The first kappa shape index (κ1) is 18.9. The summed E-state index contributed by atoms with van der Waals surface area (Å²) in [6.07, 6.45) is 0.194. The van der Waals surface area contributed by atoms with Gasteiger partial charge in [-0.15, -0.1) is 0 Å². The van der Waals surface area contributed by atoms with E-state index in [1.807, 2.05) is 0 Å². The Morgan fingerprint density at radius 1 is 0.963 bits per heavy atom. The van der Waals surface area contributed by atoms with Crippen LogP contribution in [-0.4, -0.2) is 66.2 Å². The smallest absolute Gasteiger partial charge is 0.228 e. The molecule has 2 heterocycles. The topological polar surface area (TPSA) is 90.0 Å². The lowest BCUT2D eigenvalue weighted by Crippen LogP contribution is -2.51. The number of rotatable bonds is 3. The molecule has 0 aliphatic carbocycles. The molecule has 4 amide bonds. The predicted octanol–water partition coefficient (Wildman–Crippen LogP) is 0.689. The van der Waals surface area contributed by atoms with Gasteiger partial charge in [-0.25, -0.2) is 0 Å². The second-order valence-electron chi connectivity index (χ2n) is 6.96. The van der Waals surface area contributed by atoms with Gasteiger partial charge in [-0.2, -0.15) is 0 Å². The number of hydrogen-bond donors (Lipinski definition) is 1. The lowest BCUT2D eigenvalue weighted by molar-refractivity contribution is -0.141. The molecule has 8 nitrogen and oxygen atoms in total. The predicted molar refractivity (Wildman–Crippen MR) is 100 cm³/mol. The van der Waals surface area contributed by atoms with Crippen molar-refractivity contribution in [3.8, 4) is 0 Å². The third-order valence-corrected chi connectivity index (χ3v) is 5.01. The van der Waals surface area contributed by atoms with Crippen LogP contribution in [0.15, 0.2) is 24.3 Å². The first-order valence-electron chi connectivity index (χ1n) is 9.07. The average Bonchev–Trinajstić information content (AvgIpc) is 3.03. The van der Waals surface area contributed by atoms with Gasteiger partial charge in [0.2, 0.25) is 23.6 Å². The van der Waals surface area contributed by atoms with Crippen LogP contribution in [0.3, 0.4) is 0 Å². The van der Waals surface area contributed by atoms with Crippen LogP contribution in [0.4, 0.5) is 11.4 Å². The van der Waals surface area contributed by atoms with Gasteiger partial charge < -0.3 is 20.0 Å². The molecule has 144 valence electrons. The number of nitrogens with one attached hydrogen (secondary N) is 1. The Morgan fingerprint density at radius 2 is 1.56 bits per heavy atom. The highest BCUT2D eigenvalue weighted by molar-refractivity contribution is 6.00. The molecule has 27 heavy (non-hydrogen) atoms. The fourth-order valence-corrected chi connectivity index (χ4v) is 3.55. The van der Waals surface area contributed by atoms with E-state index >= 15 is 0 Å². The molecule has 0 saturated carbocycles. The van der Waals surface area contributed by atoms with Crippen LogP contribution in [0.2, 0.25) is 0 Å². The van der Waals surface area contributed by atoms with Crippen molar-refractivity contribution in [3.05, 3.63) is 24.3 Å². The molecule has 0 radical (unpaired) electrons. The van der Waals surface area contributed by atoms with Gasteiger partial charge in [-0.05, 0) is 24.3 Å². The highest BCUT2D eigenvalue weighted by atomic mass is 16.2.